The first-order valence-electron chi connectivity index (χ1n) is 1.59. The Labute approximate surface area is 42.2 Å². The Morgan fingerprint density at radius 2 is 2.00 bits per heavy atom. The van der Waals surface area contributed by atoms with Crippen molar-refractivity contribution in [3.63, 3.8) is 0 Å². The Kier molecular flexibility index (Phi) is 2.21. The number of hydrogen-bond donors (Lipinski definition) is 1. The van der Waals surface area contributed by atoms with Gasteiger partial charge in [-0.25, -0.2) is 13.5 Å². The maximum atomic E-state index is 9.92. The van der Waals surface area contributed by atoms with Gasteiger partial charge in [0.15, 0.2) is 0 Å². The lowest BCUT2D eigenvalue weighted by molar-refractivity contribution is 0.189. The molecule has 0 rings (SSSR count). The highest BCUT2D eigenvalue weighted by molar-refractivity contribution is 7.88. The Bertz CT molecular complexity index is 126. The van der Waals surface area contributed by atoms with Crippen LogP contribution in [0.4, 0.5) is 0 Å². The fraction of sp³-hybridized carbons (Fsp3) is 1.00. The molecule has 0 unspecified atom stereocenters. The third kappa shape index (κ3) is 5.87. The summed E-state index contributed by atoms with van der Waals surface area (Å²) in [5, 5.41) is 9.46. The molecule has 0 fully saturated rings. The normalized spacial score (nSPS) is 11.7. The number of rotatable bonds is 2. The zero-order valence-electron chi connectivity index (χ0n) is 3.84. The van der Waals surface area contributed by atoms with Crippen LogP contribution in [0.15, 0.2) is 0 Å². The van der Waals surface area contributed by atoms with Gasteiger partial charge in [0.2, 0.25) is 10.0 Å². The fourth-order valence-corrected chi connectivity index (χ4v) is 0.321. The molecule has 0 aliphatic heterocycles. The maximum Gasteiger partial charge on any atom is 0.210 e. The van der Waals surface area contributed by atoms with E-state index in [0.29, 0.717) is 0 Å². The molecule has 0 aliphatic rings. The van der Waals surface area contributed by atoms with Crippen LogP contribution in [0.1, 0.15) is 0 Å². The van der Waals surface area contributed by atoms with Crippen LogP contribution in [0.25, 0.3) is 0 Å². The second-order valence-electron chi connectivity index (χ2n) is 1.06. The van der Waals surface area contributed by atoms with E-state index < -0.39 is 16.8 Å². The van der Waals surface area contributed by atoms with Crippen molar-refractivity contribution in [1.29, 1.82) is 0 Å². The minimum atomic E-state index is -3.24. The molecule has 43 valence electrons. The maximum absolute atomic E-state index is 9.92. The molecule has 0 atom stereocenters. The first kappa shape index (κ1) is 6.87. The molecule has 0 bridgehead atoms. The molecule has 0 aromatic carbocycles. The monoisotopic (exact) mass is 124 g/mol. The highest BCUT2D eigenvalue weighted by atomic mass is 32.2. The Morgan fingerprint density at radius 3 is 2.00 bits per heavy atom. The van der Waals surface area contributed by atoms with Crippen molar-refractivity contribution >= 4 is 10.0 Å². The molecule has 0 aliphatic carbocycles. The summed E-state index contributed by atoms with van der Waals surface area (Å²) in [6.07, 6.45) is 0.935. The van der Waals surface area contributed by atoms with Gasteiger partial charge in [0.1, 0.15) is 6.73 Å². The Hall–Kier alpha value is -0.130. The third-order valence-corrected chi connectivity index (χ3v) is 0.963. The van der Waals surface area contributed by atoms with Crippen molar-refractivity contribution in [1.82, 2.24) is 4.72 Å². The van der Waals surface area contributed by atoms with Crippen molar-refractivity contribution in [3.05, 3.63) is 0 Å². The van der Waals surface area contributed by atoms with Gasteiger partial charge in [-0.05, 0) is 0 Å². The lowest BCUT2D eigenvalue weighted by Gasteiger charge is -1.89. The summed E-state index contributed by atoms with van der Waals surface area (Å²) in [4.78, 5) is 0. The predicted octanol–water partition coefficient (Wildman–Crippen LogP) is -1.08. The van der Waals surface area contributed by atoms with Crippen LogP contribution in [-0.4, -0.2) is 21.4 Å². The van der Waals surface area contributed by atoms with Crippen molar-refractivity contribution in [2.75, 3.05) is 13.0 Å². The number of nitrogens with one attached hydrogen (secondary N) is 1. The Morgan fingerprint density at radius 1 is 1.57 bits per heavy atom. The molecule has 5 heteroatoms. The SMILES string of the molecule is CS(=O)(=O)NC[O]. The van der Waals surface area contributed by atoms with Crippen LogP contribution >= 0.6 is 0 Å². The predicted molar refractivity (Wildman–Crippen MR) is 23.5 cm³/mol. The zero-order chi connectivity index (χ0) is 5.91. The summed E-state index contributed by atoms with van der Waals surface area (Å²) in [6.45, 7) is -0.779. The van der Waals surface area contributed by atoms with Gasteiger partial charge in [-0.1, -0.05) is 0 Å². The van der Waals surface area contributed by atoms with Crippen LogP contribution in [0.5, 0.6) is 0 Å². The summed E-state index contributed by atoms with van der Waals surface area (Å²) in [7, 11) is -3.24. The zero-order valence-corrected chi connectivity index (χ0v) is 4.66. The summed E-state index contributed by atoms with van der Waals surface area (Å²) >= 11 is 0. The topological polar surface area (TPSA) is 66.1 Å². The summed E-state index contributed by atoms with van der Waals surface area (Å²) in [5.41, 5.74) is 0. The van der Waals surface area contributed by atoms with E-state index in [1.165, 1.54) is 0 Å². The van der Waals surface area contributed by atoms with Crippen LogP contribution in [-0.2, 0) is 15.1 Å². The fourth-order valence-electron chi connectivity index (χ4n) is 0.107. The van der Waals surface area contributed by atoms with E-state index in [-0.39, 0.29) is 0 Å². The quantitative estimate of drug-likeness (QED) is 0.476. The van der Waals surface area contributed by atoms with E-state index >= 15 is 0 Å². The second kappa shape index (κ2) is 2.25. The van der Waals surface area contributed by atoms with E-state index in [1.54, 1.807) is 4.72 Å². The summed E-state index contributed by atoms with van der Waals surface area (Å²) < 4.78 is 21.5. The van der Waals surface area contributed by atoms with Gasteiger partial charge in [0.05, 0.1) is 6.26 Å². The van der Waals surface area contributed by atoms with Crippen LogP contribution in [0.2, 0.25) is 0 Å². The third-order valence-electron chi connectivity index (χ3n) is 0.321. The molecule has 0 saturated carbocycles. The molecule has 1 radical (unpaired) electrons. The molecule has 0 amide bonds. The van der Waals surface area contributed by atoms with Crippen molar-refractivity contribution < 1.29 is 13.5 Å². The van der Waals surface area contributed by atoms with Crippen molar-refractivity contribution in [2.24, 2.45) is 0 Å². The highest BCUT2D eigenvalue weighted by Crippen LogP contribution is 1.66. The largest absolute Gasteiger partial charge is 0.219 e. The molecule has 0 aromatic heterocycles. The van der Waals surface area contributed by atoms with Gasteiger partial charge < -0.3 is 0 Å². The standard InChI is InChI=1S/C2H6NO3S/c1-7(5,6)3-2-4/h3H,2H2,1H3. The molecular formula is C2H6NO3S. The smallest absolute Gasteiger partial charge is 0.210 e. The number of hydrogen-bond acceptors (Lipinski definition) is 2. The van der Waals surface area contributed by atoms with Gasteiger partial charge >= 0.3 is 0 Å². The van der Waals surface area contributed by atoms with E-state index in [2.05, 4.69) is 0 Å². The minimum absolute atomic E-state index is 0.779. The van der Waals surface area contributed by atoms with E-state index in [1.807, 2.05) is 0 Å². The number of sulfonamides is 1. The average Bonchev–Trinajstić information content (AvgIpc) is 1.30. The second-order valence-corrected chi connectivity index (χ2v) is 2.89. The van der Waals surface area contributed by atoms with Gasteiger partial charge in [0, 0.05) is 0 Å². The first-order valence-corrected chi connectivity index (χ1v) is 3.48. The van der Waals surface area contributed by atoms with Crippen LogP contribution in [0.3, 0.4) is 0 Å². The molecule has 0 spiro atoms. The van der Waals surface area contributed by atoms with Crippen LogP contribution in [0, 0.1) is 0 Å². The van der Waals surface area contributed by atoms with Crippen molar-refractivity contribution in [2.45, 2.75) is 0 Å². The van der Waals surface area contributed by atoms with Gasteiger partial charge in [-0.15, -0.1) is 0 Å². The van der Waals surface area contributed by atoms with Gasteiger partial charge in [0.25, 0.3) is 0 Å². The van der Waals surface area contributed by atoms with Gasteiger partial charge in [-0.2, -0.15) is 4.72 Å². The highest BCUT2D eigenvalue weighted by Gasteiger charge is 1.94. The summed E-state index contributed by atoms with van der Waals surface area (Å²) in [5.74, 6) is 0. The molecule has 0 heterocycles. The van der Waals surface area contributed by atoms with E-state index in [9.17, 15) is 13.5 Å². The molecule has 4 nitrogen and oxygen atoms in total. The molecule has 7 heavy (non-hydrogen) atoms. The minimum Gasteiger partial charge on any atom is -0.219 e. The lowest BCUT2D eigenvalue weighted by atomic mass is 11.4. The van der Waals surface area contributed by atoms with Crippen molar-refractivity contribution in [3.8, 4) is 0 Å². The first-order chi connectivity index (χ1) is 3.06. The molecular weight excluding hydrogens is 118 g/mol. The average molecular weight is 124 g/mol. The van der Waals surface area contributed by atoms with E-state index in [0.717, 1.165) is 6.26 Å². The van der Waals surface area contributed by atoms with E-state index in [4.69, 9.17) is 0 Å². The molecule has 0 saturated heterocycles. The van der Waals surface area contributed by atoms with Crippen LogP contribution < -0.4 is 4.72 Å². The summed E-state index contributed by atoms with van der Waals surface area (Å²) in [6, 6.07) is 0. The molecule has 0 aromatic rings. The molecule has 1 N–H and O–H groups in total. The Balaban J connectivity index is 3.60. The van der Waals surface area contributed by atoms with Gasteiger partial charge in [-0.3, -0.25) is 0 Å². The lowest BCUT2D eigenvalue weighted by Crippen LogP contribution is -2.21.